The molecule has 0 aliphatic carbocycles. The van der Waals surface area contributed by atoms with Crippen LogP contribution in [0.2, 0.25) is 0 Å². The van der Waals surface area contributed by atoms with Crippen molar-refractivity contribution in [2.75, 3.05) is 12.4 Å². The van der Waals surface area contributed by atoms with Gasteiger partial charge in [-0.25, -0.2) is 4.39 Å². The van der Waals surface area contributed by atoms with Crippen molar-refractivity contribution in [3.63, 3.8) is 0 Å². The van der Waals surface area contributed by atoms with Gasteiger partial charge in [-0.1, -0.05) is 6.07 Å². The van der Waals surface area contributed by atoms with Crippen molar-refractivity contribution in [3.05, 3.63) is 56.9 Å². The van der Waals surface area contributed by atoms with Crippen molar-refractivity contribution in [2.24, 2.45) is 0 Å². The third kappa shape index (κ3) is 4.61. The smallest absolute Gasteiger partial charge is 0.257 e. The lowest BCUT2D eigenvalue weighted by Crippen LogP contribution is -2.34. The zero-order valence-electron chi connectivity index (χ0n) is 12.4. The summed E-state index contributed by atoms with van der Waals surface area (Å²) in [7, 11) is 1.57. The van der Waals surface area contributed by atoms with Gasteiger partial charge in [-0.05, 0) is 77.6 Å². The zero-order chi connectivity index (χ0) is 17.0. The van der Waals surface area contributed by atoms with E-state index in [4.69, 9.17) is 17.0 Å². The maximum atomic E-state index is 13.5. The van der Waals surface area contributed by atoms with Crippen molar-refractivity contribution >= 4 is 51.5 Å². The topological polar surface area (TPSA) is 50.4 Å². The van der Waals surface area contributed by atoms with Crippen LogP contribution in [0.3, 0.4) is 0 Å². The number of nitrogens with one attached hydrogen (secondary N) is 2. The second-order valence-corrected chi connectivity index (χ2v) is 6.29. The minimum atomic E-state index is -0.351. The van der Waals surface area contributed by atoms with Crippen LogP contribution in [0.4, 0.5) is 10.1 Å². The molecule has 2 aromatic carbocycles. The summed E-state index contributed by atoms with van der Waals surface area (Å²) in [6, 6.07) is 9.70. The second kappa shape index (κ2) is 7.69. The molecule has 4 nitrogen and oxygen atoms in total. The largest absolute Gasteiger partial charge is 0.496 e. The van der Waals surface area contributed by atoms with Crippen LogP contribution in [0.1, 0.15) is 15.9 Å². The Kier molecular flexibility index (Phi) is 5.89. The van der Waals surface area contributed by atoms with Crippen molar-refractivity contribution in [3.8, 4) is 5.75 Å². The standard InChI is InChI=1S/C16H14FIN2O2S/c1-9-3-5-11(8-12(9)17)19-16(23)20-15(21)10-4-6-14(22-2)13(18)7-10/h3-8H,1-2H3,(H2,19,20,21,23). The van der Waals surface area contributed by atoms with E-state index in [2.05, 4.69) is 33.2 Å². The number of rotatable bonds is 3. The van der Waals surface area contributed by atoms with Crippen molar-refractivity contribution in [1.82, 2.24) is 5.32 Å². The van der Waals surface area contributed by atoms with Gasteiger partial charge in [0.05, 0.1) is 10.7 Å². The first-order valence-electron chi connectivity index (χ1n) is 6.62. The molecule has 0 aliphatic heterocycles. The SMILES string of the molecule is COc1ccc(C(=O)NC(=S)Nc2ccc(C)c(F)c2)cc1I. The van der Waals surface area contributed by atoms with E-state index in [0.29, 0.717) is 22.6 Å². The fourth-order valence-corrected chi connectivity index (χ4v) is 2.76. The first kappa shape index (κ1) is 17.6. The molecule has 0 aromatic heterocycles. The average molecular weight is 444 g/mol. The van der Waals surface area contributed by atoms with Crippen LogP contribution >= 0.6 is 34.8 Å². The Labute approximate surface area is 152 Å². The molecule has 0 bridgehead atoms. The van der Waals surface area contributed by atoms with Crippen LogP contribution in [0.5, 0.6) is 5.75 Å². The van der Waals surface area contributed by atoms with Gasteiger partial charge in [-0.15, -0.1) is 0 Å². The van der Waals surface area contributed by atoms with Gasteiger partial charge < -0.3 is 10.1 Å². The maximum absolute atomic E-state index is 13.5. The Morgan fingerprint density at radius 3 is 2.61 bits per heavy atom. The number of carbonyl (C=O) groups excluding carboxylic acids is 1. The van der Waals surface area contributed by atoms with Crippen LogP contribution in [0.15, 0.2) is 36.4 Å². The molecule has 2 N–H and O–H groups in total. The number of benzene rings is 2. The van der Waals surface area contributed by atoms with Gasteiger partial charge in [0, 0.05) is 11.3 Å². The lowest BCUT2D eigenvalue weighted by atomic mass is 10.2. The molecule has 2 aromatic rings. The molecule has 0 atom stereocenters. The molecule has 7 heteroatoms. The molecule has 0 fully saturated rings. The predicted molar refractivity (Wildman–Crippen MR) is 101 cm³/mol. The molecule has 0 radical (unpaired) electrons. The Morgan fingerprint density at radius 1 is 1.26 bits per heavy atom. The second-order valence-electron chi connectivity index (χ2n) is 4.72. The number of aryl methyl sites for hydroxylation is 1. The van der Waals surface area contributed by atoms with E-state index in [1.807, 2.05) is 0 Å². The lowest BCUT2D eigenvalue weighted by molar-refractivity contribution is 0.0977. The number of ether oxygens (including phenoxy) is 1. The first-order valence-corrected chi connectivity index (χ1v) is 8.11. The molecule has 0 saturated heterocycles. The molecule has 0 saturated carbocycles. The van der Waals surface area contributed by atoms with Crippen LogP contribution in [-0.2, 0) is 0 Å². The summed E-state index contributed by atoms with van der Waals surface area (Å²) in [5, 5.41) is 5.44. The number of thiocarbonyl (C=S) groups is 1. The summed E-state index contributed by atoms with van der Waals surface area (Å²) in [6.45, 7) is 1.67. The van der Waals surface area contributed by atoms with E-state index in [1.54, 1.807) is 44.4 Å². The van der Waals surface area contributed by atoms with Crippen molar-refractivity contribution in [2.45, 2.75) is 6.92 Å². The highest BCUT2D eigenvalue weighted by Crippen LogP contribution is 2.21. The summed E-state index contributed by atoms with van der Waals surface area (Å²) in [4.78, 5) is 12.2. The maximum Gasteiger partial charge on any atom is 0.257 e. The number of anilines is 1. The molecule has 0 spiro atoms. The van der Waals surface area contributed by atoms with Crippen LogP contribution in [0, 0.1) is 16.3 Å². The van der Waals surface area contributed by atoms with Gasteiger partial charge in [0.25, 0.3) is 5.91 Å². The van der Waals surface area contributed by atoms with Gasteiger partial charge in [-0.2, -0.15) is 0 Å². The quantitative estimate of drug-likeness (QED) is 0.558. The highest BCUT2D eigenvalue weighted by Gasteiger charge is 2.11. The number of amides is 1. The molecule has 0 unspecified atom stereocenters. The Morgan fingerprint density at radius 2 is 2.00 bits per heavy atom. The molecular formula is C16H14FIN2O2S. The summed E-state index contributed by atoms with van der Waals surface area (Å²) in [5.41, 5.74) is 1.47. The van der Waals surface area contributed by atoms with Gasteiger partial charge in [0.1, 0.15) is 11.6 Å². The van der Waals surface area contributed by atoms with E-state index >= 15 is 0 Å². The fourth-order valence-electron chi connectivity index (χ4n) is 1.82. The van der Waals surface area contributed by atoms with Crippen molar-refractivity contribution in [1.29, 1.82) is 0 Å². The minimum Gasteiger partial charge on any atom is -0.496 e. The third-order valence-electron chi connectivity index (χ3n) is 3.07. The molecule has 0 heterocycles. The normalized spacial score (nSPS) is 10.1. The molecule has 2 rings (SSSR count). The number of hydrogen-bond acceptors (Lipinski definition) is 3. The van der Waals surface area contributed by atoms with Crippen molar-refractivity contribution < 1.29 is 13.9 Å². The van der Waals surface area contributed by atoms with Gasteiger partial charge in [-0.3, -0.25) is 10.1 Å². The predicted octanol–water partition coefficient (Wildman–Crippen LogP) is 3.87. The van der Waals surface area contributed by atoms with E-state index in [9.17, 15) is 9.18 Å². The van der Waals surface area contributed by atoms with E-state index in [0.717, 1.165) is 3.57 Å². The summed E-state index contributed by atoms with van der Waals surface area (Å²) in [5.74, 6) is 0.00229. The Hall–Kier alpha value is -1.74. The molecule has 23 heavy (non-hydrogen) atoms. The molecule has 120 valence electrons. The fraction of sp³-hybridized carbons (Fsp3) is 0.125. The van der Waals surface area contributed by atoms with Gasteiger partial charge in [0.2, 0.25) is 0 Å². The Balaban J connectivity index is 2.03. The van der Waals surface area contributed by atoms with Gasteiger partial charge >= 0.3 is 0 Å². The molecule has 1 amide bonds. The molecular weight excluding hydrogens is 430 g/mol. The number of halogens is 2. The van der Waals surface area contributed by atoms with Gasteiger partial charge in [0.15, 0.2) is 5.11 Å². The first-order chi connectivity index (χ1) is 10.9. The summed E-state index contributed by atoms with van der Waals surface area (Å²) >= 11 is 7.16. The zero-order valence-corrected chi connectivity index (χ0v) is 15.4. The average Bonchev–Trinajstić information content (AvgIpc) is 2.50. The lowest BCUT2D eigenvalue weighted by Gasteiger charge is -2.11. The minimum absolute atomic E-state index is 0.101. The number of methoxy groups -OCH3 is 1. The molecule has 0 aliphatic rings. The highest BCUT2D eigenvalue weighted by molar-refractivity contribution is 14.1. The number of carbonyl (C=O) groups is 1. The number of hydrogen-bond donors (Lipinski definition) is 2. The van der Waals surface area contributed by atoms with Crippen LogP contribution in [-0.4, -0.2) is 18.1 Å². The highest BCUT2D eigenvalue weighted by atomic mass is 127. The monoisotopic (exact) mass is 444 g/mol. The Bertz CT molecular complexity index is 768. The van der Waals surface area contributed by atoms with Crippen LogP contribution in [0.25, 0.3) is 0 Å². The summed E-state index contributed by atoms with van der Waals surface area (Å²) < 4.78 is 19.5. The van der Waals surface area contributed by atoms with E-state index < -0.39 is 0 Å². The van der Waals surface area contributed by atoms with Crippen LogP contribution < -0.4 is 15.4 Å². The summed E-state index contributed by atoms with van der Waals surface area (Å²) in [6.07, 6.45) is 0. The van der Waals surface area contributed by atoms with E-state index in [-0.39, 0.29) is 16.8 Å². The van der Waals surface area contributed by atoms with E-state index in [1.165, 1.54) is 6.07 Å². The third-order valence-corrected chi connectivity index (χ3v) is 4.12.